The third-order valence-corrected chi connectivity index (χ3v) is 2.83. The number of ether oxygens (including phenoxy) is 1. The maximum absolute atomic E-state index is 9.34. The van der Waals surface area contributed by atoms with E-state index in [4.69, 9.17) is 10.5 Å². The Bertz CT molecular complexity index is 570. The number of rotatable bonds is 3. The van der Waals surface area contributed by atoms with Crippen molar-refractivity contribution in [2.45, 2.75) is 5.92 Å². The highest BCUT2D eigenvalue weighted by Gasteiger charge is 2.13. The van der Waals surface area contributed by atoms with Gasteiger partial charge in [0.05, 0.1) is 19.1 Å². The Hall–Kier alpha value is -2.47. The lowest BCUT2D eigenvalue weighted by molar-refractivity contribution is 0.414. The second-order valence-corrected chi connectivity index (χ2v) is 4.01. The van der Waals surface area contributed by atoms with E-state index in [0.717, 1.165) is 16.9 Å². The molecule has 0 heterocycles. The van der Waals surface area contributed by atoms with Gasteiger partial charge in [-0.25, -0.2) is 0 Å². The SMILES string of the molecule is COc1cccc(C(C#N)c2ccc(N)cc2)c1. The molecule has 0 saturated heterocycles. The van der Waals surface area contributed by atoms with E-state index in [0.29, 0.717) is 5.69 Å². The molecule has 0 radical (unpaired) electrons. The van der Waals surface area contributed by atoms with E-state index in [-0.39, 0.29) is 5.92 Å². The fraction of sp³-hybridized carbons (Fsp3) is 0.133. The minimum Gasteiger partial charge on any atom is -0.497 e. The van der Waals surface area contributed by atoms with Crippen molar-refractivity contribution in [2.75, 3.05) is 12.8 Å². The van der Waals surface area contributed by atoms with Gasteiger partial charge in [-0.15, -0.1) is 0 Å². The van der Waals surface area contributed by atoms with Gasteiger partial charge < -0.3 is 10.5 Å². The number of nitrogens with two attached hydrogens (primary N) is 1. The highest BCUT2D eigenvalue weighted by atomic mass is 16.5. The molecule has 0 bridgehead atoms. The first-order valence-corrected chi connectivity index (χ1v) is 5.63. The molecule has 3 heteroatoms. The summed E-state index contributed by atoms with van der Waals surface area (Å²) < 4.78 is 5.18. The molecular weight excluding hydrogens is 224 g/mol. The summed E-state index contributed by atoms with van der Waals surface area (Å²) in [5, 5.41) is 9.34. The number of nitrogens with zero attached hydrogens (tertiary/aromatic N) is 1. The molecule has 2 aromatic carbocycles. The van der Waals surface area contributed by atoms with Crippen LogP contribution in [0, 0.1) is 11.3 Å². The van der Waals surface area contributed by atoms with Gasteiger partial charge in [0.25, 0.3) is 0 Å². The minimum atomic E-state index is -0.305. The molecule has 3 nitrogen and oxygen atoms in total. The summed E-state index contributed by atoms with van der Waals surface area (Å²) in [5.41, 5.74) is 8.19. The van der Waals surface area contributed by atoms with Crippen molar-refractivity contribution in [3.8, 4) is 11.8 Å². The van der Waals surface area contributed by atoms with Crippen LogP contribution in [0.4, 0.5) is 5.69 Å². The van der Waals surface area contributed by atoms with Crippen LogP contribution in [0.15, 0.2) is 48.5 Å². The third kappa shape index (κ3) is 2.44. The fourth-order valence-electron chi connectivity index (χ4n) is 1.85. The summed E-state index contributed by atoms with van der Waals surface area (Å²) in [6, 6.07) is 17.2. The maximum atomic E-state index is 9.34. The molecule has 0 aliphatic rings. The lowest BCUT2D eigenvalue weighted by Crippen LogP contribution is -1.99. The van der Waals surface area contributed by atoms with Crippen LogP contribution in [0.3, 0.4) is 0 Å². The average molecular weight is 238 g/mol. The lowest BCUT2D eigenvalue weighted by Gasteiger charge is -2.11. The standard InChI is InChI=1S/C15H14N2O/c1-18-14-4-2-3-12(9-14)15(10-16)11-5-7-13(17)8-6-11/h2-9,15H,17H2,1H3. The van der Waals surface area contributed by atoms with Gasteiger partial charge in [0.15, 0.2) is 0 Å². The molecule has 1 unspecified atom stereocenters. The van der Waals surface area contributed by atoms with Gasteiger partial charge in [0.2, 0.25) is 0 Å². The van der Waals surface area contributed by atoms with E-state index in [1.165, 1.54) is 0 Å². The number of benzene rings is 2. The molecule has 0 aliphatic carbocycles. The van der Waals surface area contributed by atoms with Crippen LogP contribution in [-0.2, 0) is 0 Å². The number of nitriles is 1. The van der Waals surface area contributed by atoms with Crippen molar-refractivity contribution >= 4 is 5.69 Å². The number of hydrogen-bond donors (Lipinski definition) is 1. The summed E-state index contributed by atoms with van der Waals surface area (Å²) in [5.74, 6) is 0.448. The molecule has 0 fully saturated rings. The van der Waals surface area contributed by atoms with Crippen molar-refractivity contribution in [1.82, 2.24) is 0 Å². The molecular formula is C15H14N2O. The smallest absolute Gasteiger partial charge is 0.119 e. The summed E-state index contributed by atoms with van der Waals surface area (Å²) in [4.78, 5) is 0. The molecule has 0 aromatic heterocycles. The zero-order valence-electron chi connectivity index (χ0n) is 10.1. The van der Waals surface area contributed by atoms with Crippen molar-refractivity contribution in [1.29, 1.82) is 5.26 Å². The zero-order valence-corrected chi connectivity index (χ0v) is 10.1. The van der Waals surface area contributed by atoms with Crippen LogP contribution in [0.2, 0.25) is 0 Å². The molecule has 2 aromatic rings. The largest absolute Gasteiger partial charge is 0.497 e. The Morgan fingerprint density at radius 2 is 1.83 bits per heavy atom. The predicted molar refractivity (Wildman–Crippen MR) is 71.3 cm³/mol. The minimum absolute atomic E-state index is 0.305. The summed E-state index contributed by atoms with van der Waals surface area (Å²) in [7, 11) is 1.61. The first-order valence-electron chi connectivity index (χ1n) is 5.63. The number of methoxy groups -OCH3 is 1. The van der Waals surface area contributed by atoms with Crippen LogP contribution in [0.5, 0.6) is 5.75 Å². The van der Waals surface area contributed by atoms with Gasteiger partial charge in [0, 0.05) is 5.69 Å². The predicted octanol–water partition coefficient (Wildman–Crippen LogP) is 2.93. The molecule has 0 spiro atoms. The first-order chi connectivity index (χ1) is 8.74. The van der Waals surface area contributed by atoms with Crippen molar-refractivity contribution in [3.63, 3.8) is 0 Å². The van der Waals surface area contributed by atoms with E-state index in [9.17, 15) is 5.26 Å². The molecule has 1 atom stereocenters. The molecule has 0 saturated carbocycles. The van der Waals surface area contributed by atoms with E-state index in [1.807, 2.05) is 36.4 Å². The summed E-state index contributed by atoms with van der Waals surface area (Å²) >= 11 is 0. The van der Waals surface area contributed by atoms with Gasteiger partial charge in [0.1, 0.15) is 5.75 Å². The molecule has 18 heavy (non-hydrogen) atoms. The second-order valence-electron chi connectivity index (χ2n) is 4.01. The number of nitrogen functional groups attached to an aromatic ring is 1. The number of hydrogen-bond acceptors (Lipinski definition) is 3. The number of anilines is 1. The summed E-state index contributed by atoms with van der Waals surface area (Å²) in [6.07, 6.45) is 0. The Kier molecular flexibility index (Phi) is 3.49. The average Bonchev–Trinajstić information content (AvgIpc) is 2.42. The molecule has 0 aliphatic heterocycles. The normalized spacial score (nSPS) is 11.6. The van der Waals surface area contributed by atoms with Gasteiger partial charge in [-0.2, -0.15) is 5.26 Å². The monoisotopic (exact) mass is 238 g/mol. The van der Waals surface area contributed by atoms with Crippen LogP contribution in [0.1, 0.15) is 17.0 Å². The Labute approximate surface area is 106 Å². The van der Waals surface area contributed by atoms with Crippen molar-refractivity contribution < 1.29 is 4.74 Å². The Balaban J connectivity index is 2.39. The zero-order chi connectivity index (χ0) is 13.0. The van der Waals surface area contributed by atoms with E-state index < -0.39 is 0 Å². The van der Waals surface area contributed by atoms with Crippen LogP contribution in [-0.4, -0.2) is 7.11 Å². The highest BCUT2D eigenvalue weighted by Crippen LogP contribution is 2.27. The fourth-order valence-corrected chi connectivity index (χ4v) is 1.85. The van der Waals surface area contributed by atoms with Gasteiger partial charge in [-0.1, -0.05) is 24.3 Å². The van der Waals surface area contributed by atoms with Crippen molar-refractivity contribution in [2.24, 2.45) is 0 Å². The second kappa shape index (κ2) is 5.24. The van der Waals surface area contributed by atoms with Crippen LogP contribution in [0.25, 0.3) is 0 Å². The molecule has 2 N–H and O–H groups in total. The lowest BCUT2D eigenvalue weighted by atomic mass is 9.92. The van der Waals surface area contributed by atoms with E-state index >= 15 is 0 Å². The third-order valence-electron chi connectivity index (χ3n) is 2.83. The maximum Gasteiger partial charge on any atom is 0.119 e. The van der Waals surface area contributed by atoms with Gasteiger partial charge >= 0.3 is 0 Å². The van der Waals surface area contributed by atoms with Gasteiger partial charge in [-0.05, 0) is 35.4 Å². The van der Waals surface area contributed by atoms with E-state index in [1.54, 1.807) is 19.2 Å². The van der Waals surface area contributed by atoms with Crippen LogP contribution >= 0.6 is 0 Å². The molecule has 90 valence electrons. The highest BCUT2D eigenvalue weighted by molar-refractivity contribution is 5.46. The molecule has 2 rings (SSSR count). The van der Waals surface area contributed by atoms with Gasteiger partial charge in [-0.3, -0.25) is 0 Å². The van der Waals surface area contributed by atoms with Crippen LogP contribution < -0.4 is 10.5 Å². The molecule has 0 amide bonds. The Morgan fingerprint density at radius 3 is 2.44 bits per heavy atom. The summed E-state index contributed by atoms with van der Waals surface area (Å²) in [6.45, 7) is 0. The Morgan fingerprint density at radius 1 is 1.11 bits per heavy atom. The van der Waals surface area contributed by atoms with E-state index in [2.05, 4.69) is 6.07 Å². The topological polar surface area (TPSA) is 59.0 Å². The first kappa shape index (κ1) is 12.0. The quantitative estimate of drug-likeness (QED) is 0.836. The van der Waals surface area contributed by atoms with Crippen molar-refractivity contribution in [3.05, 3.63) is 59.7 Å².